The number of anilines is 1. The van der Waals surface area contributed by atoms with Gasteiger partial charge in [-0.25, -0.2) is 0 Å². The summed E-state index contributed by atoms with van der Waals surface area (Å²) in [5.41, 5.74) is -0.0968. The highest BCUT2D eigenvalue weighted by Gasteiger charge is 2.33. The number of aromatic nitrogens is 1. The lowest BCUT2D eigenvalue weighted by atomic mass is 10.1. The van der Waals surface area contributed by atoms with Crippen LogP contribution >= 0.6 is 11.3 Å². The molecule has 3 heterocycles. The number of hydrogen-bond acceptors (Lipinski definition) is 9. The quantitative estimate of drug-likeness (QED) is 0.297. The molecule has 172 valence electrons. The molecule has 2 aliphatic rings. The van der Waals surface area contributed by atoms with Gasteiger partial charge < -0.3 is 19.9 Å². The summed E-state index contributed by atoms with van der Waals surface area (Å²) in [7, 11) is -2.69. The number of sulfonamides is 1. The molecule has 0 radical (unpaired) electrons. The van der Waals surface area contributed by atoms with E-state index >= 15 is 0 Å². The number of methoxy groups -OCH3 is 1. The molecule has 0 spiro atoms. The Bertz CT molecular complexity index is 1470. The number of rotatable bonds is 7. The third-order valence-electron chi connectivity index (χ3n) is 5.26. The maximum atomic E-state index is 13.4. The van der Waals surface area contributed by atoms with Crippen molar-refractivity contribution in [2.75, 3.05) is 19.2 Å². The van der Waals surface area contributed by atoms with Gasteiger partial charge in [0.05, 0.1) is 12.1 Å². The number of fused-ring (bicyclic) bond motifs is 2. The van der Waals surface area contributed by atoms with Crippen LogP contribution in [0, 0.1) is 5.92 Å². The molecule has 10 nitrogen and oxygen atoms in total. The van der Waals surface area contributed by atoms with E-state index in [2.05, 4.69) is 14.8 Å². The van der Waals surface area contributed by atoms with Gasteiger partial charge in [-0.05, 0) is 36.3 Å². The van der Waals surface area contributed by atoms with E-state index in [4.69, 9.17) is 9.47 Å². The van der Waals surface area contributed by atoms with Gasteiger partial charge >= 0.3 is 0 Å². The zero-order valence-corrected chi connectivity index (χ0v) is 19.1. The van der Waals surface area contributed by atoms with E-state index in [0.717, 1.165) is 24.2 Å². The summed E-state index contributed by atoms with van der Waals surface area (Å²) in [5, 5.41) is 20.5. The van der Waals surface area contributed by atoms with Gasteiger partial charge in [0.25, 0.3) is 15.6 Å². The van der Waals surface area contributed by atoms with E-state index in [1.165, 1.54) is 11.8 Å². The van der Waals surface area contributed by atoms with Gasteiger partial charge in [0.1, 0.15) is 28.0 Å². The average molecular weight is 489 g/mol. The fraction of sp³-hybridized carbons (Fsp3) is 0.286. The van der Waals surface area contributed by atoms with E-state index in [9.17, 15) is 18.3 Å². The monoisotopic (exact) mass is 488 g/mol. The van der Waals surface area contributed by atoms with Crippen LogP contribution in [0.2, 0.25) is 0 Å². The van der Waals surface area contributed by atoms with Gasteiger partial charge in [0.15, 0.2) is 5.84 Å². The molecule has 0 saturated heterocycles. The molecule has 5 rings (SSSR count). The summed E-state index contributed by atoms with van der Waals surface area (Å²) in [6.45, 7) is 0.0356. The van der Waals surface area contributed by atoms with Crippen molar-refractivity contribution in [3.8, 4) is 5.75 Å². The molecule has 0 atom stereocenters. The standard InChI is InChI=1S/C21H20N4O6S2/c1-30-11-31-9-13-10-32-20-18(13)33(28,29)24-19(23-20)16-17(26)14-4-2-3-5-15(14)25(21(16)27)22-8-12-6-7-12/h2-5,8,10,12,26H,6-7,9,11H2,1H3,(H,23,24)/b22-8+. The van der Waals surface area contributed by atoms with Crippen LogP contribution in [0.5, 0.6) is 5.75 Å². The number of hydrogen-bond donors (Lipinski definition) is 2. The van der Waals surface area contributed by atoms with Gasteiger partial charge in [-0.3, -0.25) is 4.79 Å². The molecule has 2 N–H and O–H groups in total. The number of benzene rings is 1. The lowest BCUT2D eigenvalue weighted by Crippen LogP contribution is -2.31. The number of nitrogens with one attached hydrogen (secondary N) is 1. The van der Waals surface area contributed by atoms with Crippen molar-refractivity contribution in [1.29, 1.82) is 0 Å². The van der Waals surface area contributed by atoms with Crippen LogP contribution in [0.15, 0.2) is 48.8 Å². The number of ether oxygens (including phenoxy) is 2. The summed E-state index contributed by atoms with van der Waals surface area (Å²) in [5.74, 6) is -0.304. The first-order valence-electron chi connectivity index (χ1n) is 10.1. The zero-order chi connectivity index (χ0) is 23.2. The van der Waals surface area contributed by atoms with Crippen molar-refractivity contribution in [3.05, 3.63) is 51.1 Å². The fourth-order valence-corrected chi connectivity index (χ4v) is 6.11. The van der Waals surface area contributed by atoms with Gasteiger partial charge in [-0.2, -0.15) is 18.2 Å². The molecular formula is C21H20N4O6S2. The molecule has 1 saturated carbocycles. The maximum Gasteiger partial charge on any atom is 0.287 e. The first-order valence-corrected chi connectivity index (χ1v) is 12.4. The normalized spacial score (nSPS) is 17.2. The van der Waals surface area contributed by atoms with Crippen molar-refractivity contribution in [1.82, 2.24) is 4.68 Å². The van der Waals surface area contributed by atoms with Crippen LogP contribution in [0.25, 0.3) is 10.9 Å². The molecular weight excluding hydrogens is 468 g/mol. The first-order chi connectivity index (χ1) is 15.9. The second-order valence-electron chi connectivity index (χ2n) is 7.67. The Kier molecular flexibility index (Phi) is 5.52. The van der Waals surface area contributed by atoms with Crippen molar-refractivity contribution in [3.63, 3.8) is 0 Å². The van der Waals surface area contributed by atoms with Gasteiger partial charge in [0, 0.05) is 24.3 Å². The number of amidine groups is 1. The number of para-hydroxylation sites is 1. The molecule has 12 heteroatoms. The molecule has 2 aromatic heterocycles. The third kappa shape index (κ3) is 3.95. The van der Waals surface area contributed by atoms with E-state index < -0.39 is 15.6 Å². The van der Waals surface area contributed by atoms with E-state index in [0.29, 0.717) is 22.4 Å². The minimum atomic E-state index is -4.16. The van der Waals surface area contributed by atoms with Crippen LogP contribution in [0.3, 0.4) is 0 Å². The van der Waals surface area contributed by atoms with E-state index in [-0.39, 0.29) is 40.4 Å². The first kappa shape index (κ1) is 21.8. The smallest absolute Gasteiger partial charge is 0.287 e. The Labute approximate surface area is 192 Å². The highest BCUT2D eigenvalue weighted by molar-refractivity contribution is 7.90. The summed E-state index contributed by atoms with van der Waals surface area (Å²) < 4.78 is 41.2. The van der Waals surface area contributed by atoms with E-state index in [1.807, 2.05) is 0 Å². The summed E-state index contributed by atoms with van der Waals surface area (Å²) in [4.78, 5) is 13.4. The topological polar surface area (TPSA) is 132 Å². The van der Waals surface area contributed by atoms with Crippen molar-refractivity contribution < 1.29 is 23.0 Å². The summed E-state index contributed by atoms with van der Waals surface area (Å²) in [6.07, 6.45) is 3.71. The Morgan fingerprint density at radius 2 is 2.15 bits per heavy atom. The minimum Gasteiger partial charge on any atom is -0.506 e. The van der Waals surface area contributed by atoms with Crippen molar-refractivity contribution in [2.45, 2.75) is 24.3 Å². The van der Waals surface area contributed by atoms with Gasteiger partial charge in [-0.15, -0.1) is 15.7 Å². The number of thiophene rings is 1. The Balaban J connectivity index is 1.64. The summed E-state index contributed by atoms with van der Waals surface area (Å²) >= 11 is 1.14. The highest BCUT2D eigenvalue weighted by Crippen LogP contribution is 2.38. The fourth-order valence-electron chi connectivity index (χ4n) is 3.53. The Morgan fingerprint density at radius 3 is 2.91 bits per heavy atom. The Hall–Kier alpha value is -3.06. The summed E-state index contributed by atoms with van der Waals surface area (Å²) in [6, 6.07) is 6.75. The van der Waals surface area contributed by atoms with Crippen molar-refractivity contribution >= 4 is 49.3 Å². The molecule has 33 heavy (non-hydrogen) atoms. The predicted molar refractivity (Wildman–Crippen MR) is 125 cm³/mol. The zero-order valence-electron chi connectivity index (χ0n) is 17.5. The highest BCUT2D eigenvalue weighted by atomic mass is 32.2. The molecule has 1 aromatic carbocycles. The van der Waals surface area contributed by atoms with Gasteiger partial charge in [0.2, 0.25) is 0 Å². The largest absolute Gasteiger partial charge is 0.506 e. The van der Waals surface area contributed by atoms with Crippen LogP contribution in [-0.4, -0.2) is 44.2 Å². The molecule has 0 amide bonds. The average Bonchev–Trinajstić information content (AvgIpc) is 3.52. The van der Waals surface area contributed by atoms with Crippen LogP contribution in [0.1, 0.15) is 24.0 Å². The molecule has 1 fully saturated rings. The lowest BCUT2D eigenvalue weighted by Gasteiger charge is -2.18. The van der Waals surface area contributed by atoms with Crippen LogP contribution in [-0.2, 0) is 26.1 Å². The van der Waals surface area contributed by atoms with E-state index in [1.54, 1.807) is 35.9 Å². The Morgan fingerprint density at radius 1 is 1.36 bits per heavy atom. The SMILES string of the molecule is COCOCc1csc2c1S(=O)(=O)N=C(c1c(O)c3ccccc3n(/N=C/C3CC3)c1=O)N2. The lowest BCUT2D eigenvalue weighted by molar-refractivity contribution is -0.0395. The number of nitrogens with zero attached hydrogens (tertiary/aromatic N) is 3. The second-order valence-corrected chi connectivity index (χ2v) is 10.1. The third-order valence-corrected chi connectivity index (χ3v) is 7.74. The maximum absolute atomic E-state index is 13.4. The second kappa shape index (κ2) is 8.37. The molecule has 1 aliphatic carbocycles. The van der Waals surface area contributed by atoms with Crippen LogP contribution < -0.4 is 10.9 Å². The molecule has 1 aliphatic heterocycles. The number of pyridine rings is 1. The van der Waals surface area contributed by atoms with Crippen molar-refractivity contribution in [2.24, 2.45) is 15.4 Å². The minimum absolute atomic E-state index is 0.0124. The molecule has 3 aromatic rings. The molecule has 0 unspecified atom stereocenters. The molecule has 0 bridgehead atoms. The van der Waals surface area contributed by atoms with Crippen LogP contribution in [0.4, 0.5) is 5.00 Å². The number of aromatic hydroxyl groups is 1. The predicted octanol–water partition coefficient (Wildman–Crippen LogP) is 2.69. The van der Waals surface area contributed by atoms with Gasteiger partial charge in [-0.1, -0.05) is 12.1 Å².